The van der Waals surface area contributed by atoms with E-state index in [1.807, 2.05) is 43.3 Å². The summed E-state index contributed by atoms with van der Waals surface area (Å²) in [4.78, 5) is 38.4. The second-order valence-corrected chi connectivity index (χ2v) is 8.58. The van der Waals surface area contributed by atoms with Gasteiger partial charge in [0.1, 0.15) is 23.2 Å². The van der Waals surface area contributed by atoms with Gasteiger partial charge in [-0.2, -0.15) is 5.26 Å². The van der Waals surface area contributed by atoms with Gasteiger partial charge in [0.05, 0.1) is 10.5 Å². The van der Waals surface area contributed by atoms with E-state index in [1.165, 1.54) is 12.1 Å². The Morgan fingerprint density at radius 3 is 2.39 bits per heavy atom. The first-order valence-corrected chi connectivity index (χ1v) is 11.3. The average molecular weight is 482 g/mol. The van der Waals surface area contributed by atoms with Crippen LogP contribution in [0.25, 0.3) is 17.4 Å². The number of hydrogen-bond acceptors (Lipinski definition) is 6. The summed E-state index contributed by atoms with van der Waals surface area (Å²) in [6, 6.07) is 17.7. The van der Waals surface area contributed by atoms with Crippen LogP contribution in [0.3, 0.4) is 0 Å². The number of benzene rings is 2. The summed E-state index contributed by atoms with van der Waals surface area (Å²) in [5, 5.41) is 21.2. The number of nitrogens with zero attached hydrogens (tertiary/aromatic N) is 3. The van der Waals surface area contributed by atoms with Gasteiger partial charge in [-0.3, -0.25) is 24.6 Å². The van der Waals surface area contributed by atoms with E-state index in [0.717, 1.165) is 21.6 Å². The van der Waals surface area contributed by atoms with E-state index >= 15 is 0 Å². The van der Waals surface area contributed by atoms with Crippen LogP contribution in [0.5, 0.6) is 0 Å². The van der Waals surface area contributed by atoms with Gasteiger partial charge in [0, 0.05) is 18.2 Å². The van der Waals surface area contributed by atoms with Crippen molar-refractivity contribution in [3.05, 3.63) is 104 Å². The molecule has 4 rings (SSSR count). The van der Waals surface area contributed by atoms with Crippen LogP contribution >= 0.6 is 0 Å². The molecule has 0 unspecified atom stereocenters. The zero-order valence-corrected chi connectivity index (χ0v) is 20.1. The fourth-order valence-corrected chi connectivity index (χ4v) is 4.09. The molecule has 0 bridgehead atoms. The Labute approximate surface area is 207 Å². The van der Waals surface area contributed by atoms with Crippen LogP contribution in [0, 0.1) is 35.3 Å². The number of amides is 2. The lowest BCUT2D eigenvalue weighted by Crippen LogP contribution is -2.43. The van der Waals surface area contributed by atoms with Gasteiger partial charge in [0.25, 0.3) is 17.5 Å². The smallest absolute Gasteiger partial charge is 0.280 e. The van der Waals surface area contributed by atoms with E-state index in [9.17, 15) is 25.0 Å². The molecule has 36 heavy (non-hydrogen) atoms. The van der Waals surface area contributed by atoms with E-state index < -0.39 is 16.7 Å². The topological polar surface area (TPSA) is 117 Å². The first kappa shape index (κ1) is 24.4. The molecule has 0 fully saturated rings. The molecule has 2 aromatic carbocycles. The Kier molecular flexibility index (Phi) is 6.66. The standard InChI is InChI=1S/C28H23N3O5/c1-17-13-23(25(31(34)35)14-18(17)2)26-10-9-21(36-26)15-22-19(3)24(16-29)28(33)30(27(22)32)12-11-20-7-5-4-6-8-20/h4-10,13-15H,11-12H2,1-3H3/b22-15+. The Hall–Kier alpha value is -4.77. The van der Waals surface area contributed by atoms with Gasteiger partial charge in [-0.1, -0.05) is 30.3 Å². The normalized spacial score (nSPS) is 14.9. The predicted molar refractivity (Wildman–Crippen MR) is 133 cm³/mol. The molecule has 1 aliphatic heterocycles. The number of carbonyl (C=O) groups is 2. The molecule has 0 spiro atoms. The zero-order chi connectivity index (χ0) is 26.0. The number of nitro benzene ring substituents is 1. The fraction of sp³-hybridized carbons (Fsp3) is 0.179. The van der Waals surface area contributed by atoms with Gasteiger partial charge >= 0.3 is 0 Å². The molecule has 0 N–H and O–H groups in total. The maximum atomic E-state index is 13.3. The molecule has 2 heterocycles. The van der Waals surface area contributed by atoms with Gasteiger partial charge in [-0.05, 0) is 73.7 Å². The summed E-state index contributed by atoms with van der Waals surface area (Å²) in [6.07, 6.45) is 1.91. The first-order valence-electron chi connectivity index (χ1n) is 11.3. The Morgan fingerprint density at radius 1 is 1.03 bits per heavy atom. The molecule has 8 heteroatoms. The number of furan rings is 1. The minimum atomic E-state index is -0.626. The minimum absolute atomic E-state index is 0.0825. The van der Waals surface area contributed by atoms with Crippen molar-refractivity contribution in [1.82, 2.24) is 4.90 Å². The third kappa shape index (κ3) is 4.59. The first-order chi connectivity index (χ1) is 17.2. The van der Waals surface area contributed by atoms with Crippen LogP contribution in [0.15, 0.2) is 75.7 Å². The van der Waals surface area contributed by atoms with Crippen molar-refractivity contribution in [3.63, 3.8) is 0 Å². The van der Waals surface area contributed by atoms with Gasteiger partial charge < -0.3 is 4.42 Å². The van der Waals surface area contributed by atoms with Crippen molar-refractivity contribution in [2.45, 2.75) is 27.2 Å². The molecule has 0 saturated heterocycles. The molecular formula is C28H23N3O5. The summed E-state index contributed by atoms with van der Waals surface area (Å²) in [5.41, 5.74) is 3.18. The lowest BCUT2D eigenvalue weighted by molar-refractivity contribution is -0.384. The SMILES string of the molecule is CC1=C(C#N)C(=O)N(CCc2ccccc2)C(=O)/C1=C/c1ccc(-c2cc(C)c(C)cc2[N+](=O)[O-])o1. The maximum Gasteiger partial charge on any atom is 0.280 e. The molecule has 0 radical (unpaired) electrons. The van der Waals surface area contributed by atoms with Crippen molar-refractivity contribution in [1.29, 1.82) is 5.26 Å². The summed E-state index contributed by atoms with van der Waals surface area (Å²) < 4.78 is 5.87. The van der Waals surface area contributed by atoms with Crippen LogP contribution in [0.2, 0.25) is 0 Å². The molecule has 0 aliphatic carbocycles. The lowest BCUT2D eigenvalue weighted by atomic mass is 9.94. The molecule has 8 nitrogen and oxygen atoms in total. The highest BCUT2D eigenvalue weighted by molar-refractivity contribution is 6.19. The van der Waals surface area contributed by atoms with Crippen LogP contribution < -0.4 is 0 Å². The minimum Gasteiger partial charge on any atom is -0.456 e. The highest BCUT2D eigenvalue weighted by Crippen LogP contribution is 2.35. The molecular weight excluding hydrogens is 458 g/mol. The Balaban J connectivity index is 1.70. The van der Waals surface area contributed by atoms with Crippen molar-refractivity contribution >= 4 is 23.6 Å². The monoisotopic (exact) mass is 481 g/mol. The lowest BCUT2D eigenvalue weighted by Gasteiger charge is -2.27. The van der Waals surface area contributed by atoms with Gasteiger partial charge in [-0.25, -0.2) is 0 Å². The molecule has 0 saturated carbocycles. The average Bonchev–Trinajstić information content (AvgIpc) is 3.32. The van der Waals surface area contributed by atoms with Gasteiger partial charge in [0.2, 0.25) is 0 Å². The third-order valence-electron chi connectivity index (χ3n) is 6.28. The van der Waals surface area contributed by atoms with E-state index in [2.05, 4.69) is 0 Å². The van der Waals surface area contributed by atoms with E-state index in [4.69, 9.17) is 4.42 Å². The Morgan fingerprint density at radius 2 is 1.72 bits per heavy atom. The second kappa shape index (κ2) is 9.84. The second-order valence-electron chi connectivity index (χ2n) is 8.58. The van der Waals surface area contributed by atoms with Gasteiger partial charge in [-0.15, -0.1) is 0 Å². The largest absolute Gasteiger partial charge is 0.456 e. The summed E-state index contributed by atoms with van der Waals surface area (Å²) in [7, 11) is 0. The fourth-order valence-electron chi connectivity index (χ4n) is 4.09. The van der Waals surface area contributed by atoms with Crippen molar-refractivity contribution < 1.29 is 18.9 Å². The number of imide groups is 1. The summed E-state index contributed by atoms with van der Waals surface area (Å²) in [6.45, 7) is 5.32. The van der Waals surface area contributed by atoms with Crippen molar-refractivity contribution in [2.24, 2.45) is 0 Å². The van der Waals surface area contributed by atoms with E-state index in [0.29, 0.717) is 12.0 Å². The molecule has 180 valence electrons. The number of carbonyl (C=O) groups excluding carboxylic acids is 2. The van der Waals surface area contributed by atoms with E-state index in [1.54, 1.807) is 32.0 Å². The zero-order valence-electron chi connectivity index (χ0n) is 20.1. The highest BCUT2D eigenvalue weighted by Gasteiger charge is 2.35. The number of hydrogen-bond donors (Lipinski definition) is 0. The number of nitriles is 1. The van der Waals surface area contributed by atoms with Crippen molar-refractivity contribution in [2.75, 3.05) is 6.54 Å². The number of aryl methyl sites for hydroxylation is 2. The Bertz CT molecular complexity index is 1490. The van der Waals surface area contributed by atoms with Crippen LogP contribution in [0.4, 0.5) is 5.69 Å². The molecule has 1 aliphatic rings. The molecule has 1 aromatic heterocycles. The molecule has 3 aromatic rings. The van der Waals surface area contributed by atoms with Crippen LogP contribution in [-0.4, -0.2) is 28.2 Å². The quantitative estimate of drug-likeness (QED) is 0.204. The maximum absolute atomic E-state index is 13.3. The summed E-state index contributed by atoms with van der Waals surface area (Å²) in [5.74, 6) is -0.601. The number of nitro groups is 1. The number of rotatable bonds is 6. The van der Waals surface area contributed by atoms with Crippen LogP contribution in [-0.2, 0) is 16.0 Å². The van der Waals surface area contributed by atoms with Crippen molar-refractivity contribution in [3.8, 4) is 17.4 Å². The van der Waals surface area contributed by atoms with E-state index in [-0.39, 0.29) is 40.5 Å². The molecule has 0 atom stereocenters. The summed E-state index contributed by atoms with van der Waals surface area (Å²) >= 11 is 0. The van der Waals surface area contributed by atoms with Gasteiger partial charge in [0.15, 0.2) is 0 Å². The highest BCUT2D eigenvalue weighted by atomic mass is 16.6. The predicted octanol–water partition coefficient (Wildman–Crippen LogP) is 5.31. The van der Waals surface area contributed by atoms with Crippen LogP contribution in [0.1, 0.15) is 29.4 Å². The molecule has 2 amide bonds. The third-order valence-corrected chi connectivity index (χ3v) is 6.28.